The first-order valence-electron chi connectivity index (χ1n) is 8.58. The van der Waals surface area contributed by atoms with Crippen molar-refractivity contribution in [3.05, 3.63) is 51.1 Å². The number of methoxy groups -OCH3 is 1. The molecule has 1 saturated heterocycles. The predicted molar refractivity (Wildman–Crippen MR) is 104 cm³/mol. The number of likely N-dealkylation sites (tertiary alicyclic amines) is 1. The molecule has 3 rings (SSSR count). The van der Waals surface area contributed by atoms with E-state index >= 15 is 0 Å². The Morgan fingerprint density at radius 3 is 2.63 bits per heavy atom. The van der Waals surface area contributed by atoms with Gasteiger partial charge in [-0.1, -0.05) is 11.6 Å². The molecule has 0 unspecified atom stereocenters. The zero-order chi connectivity index (χ0) is 19.6. The molecule has 2 aromatic rings. The molecule has 1 aliphatic heterocycles. The molecule has 27 heavy (non-hydrogen) atoms. The third kappa shape index (κ3) is 4.48. The van der Waals surface area contributed by atoms with Gasteiger partial charge in [-0.05, 0) is 49.6 Å². The van der Waals surface area contributed by atoms with Gasteiger partial charge >= 0.3 is 0 Å². The van der Waals surface area contributed by atoms with Crippen molar-refractivity contribution in [2.75, 3.05) is 25.5 Å². The lowest BCUT2D eigenvalue weighted by Gasteiger charge is -2.31. The van der Waals surface area contributed by atoms with Gasteiger partial charge in [0, 0.05) is 20.2 Å². The highest BCUT2D eigenvalue weighted by atomic mass is 35.5. The molecule has 144 valence electrons. The second kappa shape index (κ2) is 8.37. The zero-order valence-electron chi connectivity index (χ0n) is 15.1. The van der Waals surface area contributed by atoms with Crippen LogP contribution in [0.3, 0.4) is 0 Å². The van der Waals surface area contributed by atoms with Crippen LogP contribution in [-0.4, -0.2) is 43.0 Å². The Bertz CT molecular complexity index is 863. The summed E-state index contributed by atoms with van der Waals surface area (Å²) in [5, 5.41) is 3.32. The van der Waals surface area contributed by atoms with Gasteiger partial charge in [-0.3, -0.25) is 9.59 Å². The summed E-state index contributed by atoms with van der Waals surface area (Å²) in [5.41, 5.74) is 0.984. The predicted octanol–water partition coefficient (Wildman–Crippen LogP) is 4.35. The van der Waals surface area contributed by atoms with Crippen LogP contribution < -0.4 is 5.32 Å². The van der Waals surface area contributed by atoms with Gasteiger partial charge < -0.3 is 15.0 Å². The molecule has 1 aromatic carbocycles. The van der Waals surface area contributed by atoms with Crippen LogP contribution in [0.15, 0.2) is 24.3 Å². The number of hydrogen-bond acceptors (Lipinski definition) is 4. The number of amides is 2. The van der Waals surface area contributed by atoms with Crippen molar-refractivity contribution in [2.45, 2.75) is 25.9 Å². The molecule has 0 spiro atoms. The number of benzene rings is 1. The van der Waals surface area contributed by atoms with E-state index in [1.807, 2.05) is 11.8 Å². The van der Waals surface area contributed by atoms with Crippen LogP contribution in [0, 0.1) is 12.7 Å². The van der Waals surface area contributed by atoms with Crippen molar-refractivity contribution in [3.8, 4) is 0 Å². The molecule has 1 fully saturated rings. The van der Waals surface area contributed by atoms with Gasteiger partial charge in [-0.2, -0.15) is 0 Å². The highest BCUT2D eigenvalue weighted by molar-refractivity contribution is 7.18. The molecule has 5 nitrogen and oxygen atoms in total. The molecule has 0 bridgehead atoms. The molecule has 0 aliphatic carbocycles. The number of nitrogens with one attached hydrogen (secondary N) is 1. The lowest BCUT2D eigenvalue weighted by molar-refractivity contribution is 0.0353. The van der Waals surface area contributed by atoms with Crippen molar-refractivity contribution in [3.63, 3.8) is 0 Å². The summed E-state index contributed by atoms with van der Waals surface area (Å²) in [5.74, 6) is -0.984. The molecule has 0 atom stereocenters. The summed E-state index contributed by atoms with van der Waals surface area (Å²) in [6, 6.07) is 5.36. The van der Waals surface area contributed by atoms with Crippen LogP contribution in [0.1, 0.15) is 38.4 Å². The third-order valence-electron chi connectivity index (χ3n) is 4.59. The third-order valence-corrected chi connectivity index (χ3v) is 6.04. The molecule has 2 heterocycles. The standard InChI is InChI=1S/C19H20ClFN2O3S/c1-11-9-16(22-18(24)14-4-3-12(21)10-15(14)20)27-17(11)19(25)23-7-5-13(26-2)6-8-23/h3-4,9-10,13H,5-8H2,1-2H3,(H,22,24). The van der Waals surface area contributed by atoms with Crippen molar-refractivity contribution >= 4 is 39.8 Å². The van der Waals surface area contributed by atoms with Crippen LogP contribution >= 0.6 is 22.9 Å². The van der Waals surface area contributed by atoms with E-state index in [4.69, 9.17) is 16.3 Å². The number of aryl methyl sites for hydroxylation is 1. The fraction of sp³-hybridized carbons (Fsp3) is 0.368. The molecule has 2 amide bonds. The number of nitrogens with zero attached hydrogens (tertiary/aromatic N) is 1. The van der Waals surface area contributed by atoms with Gasteiger partial charge in [-0.15, -0.1) is 11.3 Å². The van der Waals surface area contributed by atoms with Crippen molar-refractivity contribution in [2.24, 2.45) is 0 Å². The Morgan fingerprint density at radius 1 is 1.30 bits per heavy atom. The number of thiophene rings is 1. The number of piperidine rings is 1. The first-order chi connectivity index (χ1) is 12.9. The van der Waals surface area contributed by atoms with Crippen LogP contribution in [0.2, 0.25) is 5.02 Å². The zero-order valence-corrected chi connectivity index (χ0v) is 16.6. The number of carbonyl (C=O) groups is 2. The summed E-state index contributed by atoms with van der Waals surface area (Å²) >= 11 is 7.16. The quantitative estimate of drug-likeness (QED) is 0.815. The Hall–Kier alpha value is -1.96. The molecule has 0 saturated carbocycles. The Labute approximate surface area is 166 Å². The summed E-state index contributed by atoms with van der Waals surface area (Å²) in [6.45, 7) is 3.15. The van der Waals surface area contributed by atoms with Crippen LogP contribution in [0.4, 0.5) is 9.39 Å². The highest BCUT2D eigenvalue weighted by Gasteiger charge is 2.26. The fourth-order valence-corrected chi connectivity index (χ4v) is 4.34. The SMILES string of the molecule is COC1CCN(C(=O)c2sc(NC(=O)c3ccc(F)cc3Cl)cc2C)CC1. The van der Waals surface area contributed by atoms with E-state index in [9.17, 15) is 14.0 Å². The number of rotatable bonds is 4. The minimum Gasteiger partial charge on any atom is -0.381 e. The lowest BCUT2D eigenvalue weighted by atomic mass is 10.1. The lowest BCUT2D eigenvalue weighted by Crippen LogP contribution is -2.40. The first-order valence-corrected chi connectivity index (χ1v) is 9.77. The van der Waals surface area contributed by atoms with Gasteiger partial charge in [-0.25, -0.2) is 4.39 Å². The highest BCUT2D eigenvalue weighted by Crippen LogP contribution is 2.30. The Balaban J connectivity index is 1.70. The number of anilines is 1. The minimum atomic E-state index is -0.506. The monoisotopic (exact) mass is 410 g/mol. The summed E-state index contributed by atoms with van der Waals surface area (Å²) in [4.78, 5) is 27.6. The van der Waals surface area contributed by atoms with E-state index in [0.29, 0.717) is 23.0 Å². The van der Waals surface area contributed by atoms with Crippen LogP contribution in [0.25, 0.3) is 0 Å². The summed E-state index contributed by atoms with van der Waals surface area (Å²) < 4.78 is 18.5. The smallest absolute Gasteiger partial charge is 0.264 e. The number of carbonyl (C=O) groups excluding carboxylic acids is 2. The first kappa shape index (κ1) is 19.8. The van der Waals surface area contributed by atoms with Crippen LogP contribution in [0.5, 0.6) is 0 Å². The maximum absolute atomic E-state index is 13.1. The number of halogens is 2. The topological polar surface area (TPSA) is 58.6 Å². The Kier molecular flexibility index (Phi) is 6.14. The van der Waals surface area contributed by atoms with Crippen molar-refractivity contribution in [1.29, 1.82) is 0 Å². The normalized spacial score (nSPS) is 15.0. The van der Waals surface area contributed by atoms with E-state index in [2.05, 4.69) is 5.32 Å². The van der Waals surface area contributed by atoms with Crippen LogP contribution in [-0.2, 0) is 4.74 Å². The van der Waals surface area contributed by atoms with Gasteiger partial charge in [0.1, 0.15) is 5.82 Å². The van der Waals surface area contributed by atoms with Gasteiger partial charge in [0.15, 0.2) is 0 Å². The van der Waals surface area contributed by atoms with E-state index in [1.54, 1.807) is 13.2 Å². The van der Waals surface area contributed by atoms with Gasteiger partial charge in [0.05, 0.1) is 26.6 Å². The maximum Gasteiger partial charge on any atom is 0.264 e. The molecular weight excluding hydrogens is 391 g/mol. The summed E-state index contributed by atoms with van der Waals surface area (Å²) in [6.07, 6.45) is 1.84. The van der Waals surface area contributed by atoms with Gasteiger partial charge in [0.2, 0.25) is 0 Å². The number of hydrogen-bond donors (Lipinski definition) is 1. The summed E-state index contributed by atoms with van der Waals surface area (Å²) in [7, 11) is 1.69. The van der Waals surface area contributed by atoms with Crippen molar-refractivity contribution in [1.82, 2.24) is 4.90 Å². The second-order valence-electron chi connectivity index (χ2n) is 6.43. The fourth-order valence-electron chi connectivity index (χ4n) is 3.05. The number of ether oxygens (including phenoxy) is 1. The minimum absolute atomic E-state index is 0.0348. The second-order valence-corrected chi connectivity index (χ2v) is 7.89. The van der Waals surface area contributed by atoms with E-state index in [0.717, 1.165) is 24.5 Å². The molecule has 0 radical (unpaired) electrons. The molecule has 1 N–H and O–H groups in total. The molecule has 1 aromatic heterocycles. The van der Waals surface area contributed by atoms with Gasteiger partial charge in [0.25, 0.3) is 11.8 Å². The largest absolute Gasteiger partial charge is 0.381 e. The molecular formula is C19H20ClFN2O3S. The maximum atomic E-state index is 13.1. The van der Waals surface area contributed by atoms with E-state index in [-0.39, 0.29) is 22.6 Å². The Morgan fingerprint density at radius 2 is 2.00 bits per heavy atom. The molecule has 1 aliphatic rings. The van der Waals surface area contributed by atoms with E-state index in [1.165, 1.54) is 23.5 Å². The average Bonchev–Trinajstić information content (AvgIpc) is 3.01. The van der Waals surface area contributed by atoms with E-state index < -0.39 is 11.7 Å². The van der Waals surface area contributed by atoms with Crippen molar-refractivity contribution < 1.29 is 18.7 Å². The average molecular weight is 411 g/mol. The molecule has 8 heteroatoms.